The minimum atomic E-state index is -4.95. The van der Waals surface area contributed by atoms with Crippen molar-refractivity contribution in [3.63, 3.8) is 0 Å². The highest BCUT2D eigenvalue weighted by molar-refractivity contribution is 7.47. The molecule has 0 aliphatic carbocycles. The van der Waals surface area contributed by atoms with Gasteiger partial charge in [-0.15, -0.1) is 0 Å². The number of carbonyl (C=O) groups excluding carboxylic acids is 4. The molecule has 0 heterocycles. The van der Waals surface area contributed by atoms with Crippen molar-refractivity contribution in [2.45, 2.75) is 374 Å². The summed E-state index contributed by atoms with van der Waals surface area (Å²) in [7, 11) is -9.88. The van der Waals surface area contributed by atoms with E-state index in [4.69, 9.17) is 37.0 Å². The molecule has 522 valence electrons. The Hall–Kier alpha value is -1.94. The largest absolute Gasteiger partial charge is 0.472 e. The summed E-state index contributed by atoms with van der Waals surface area (Å²) >= 11 is 0. The molecule has 3 unspecified atom stereocenters. The third-order valence-corrected chi connectivity index (χ3v) is 18.3. The maximum absolute atomic E-state index is 13.0. The Kier molecular flexibility index (Phi) is 61.1. The third-order valence-electron chi connectivity index (χ3n) is 16.4. The normalized spacial score (nSPS) is 14.4. The highest BCUT2D eigenvalue weighted by atomic mass is 31.2. The second kappa shape index (κ2) is 62.5. The zero-order chi connectivity index (χ0) is 64.9. The maximum Gasteiger partial charge on any atom is 0.472 e. The summed E-state index contributed by atoms with van der Waals surface area (Å²) in [4.78, 5) is 72.1. The van der Waals surface area contributed by atoms with Gasteiger partial charge >= 0.3 is 39.5 Å². The number of hydrogen-bond acceptors (Lipinski definition) is 15. The van der Waals surface area contributed by atoms with Gasteiger partial charge in [-0.05, 0) is 31.6 Å². The fourth-order valence-electron chi connectivity index (χ4n) is 10.4. The number of rotatable bonds is 69. The van der Waals surface area contributed by atoms with E-state index in [1.165, 1.54) is 167 Å². The second-order valence-corrected chi connectivity index (χ2v) is 28.1. The van der Waals surface area contributed by atoms with Crippen LogP contribution in [0.1, 0.15) is 356 Å². The van der Waals surface area contributed by atoms with Gasteiger partial charge in [0.15, 0.2) is 12.2 Å². The molecular formula is C69H134O17P2. The van der Waals surface area contributed by atoms with Crippen molar-refractivity contribution in [1.82, 2.24) is 0 Å². The number of esters is 4. The molecule has 19 heteroatoms. The molecule has 6 atom stereocenters. The van der Waals surface area contributed by atoms with E-state index in [-0.39, 0.29) is 25.7 Å². The van der Waals surface area contributed by atoms with E-state index in [0.29, 0.717) is 25.7 Å². The van der Waals surface area contributed by atoms with Crippen LogP contribution in [0.4, 0.5) is 0 Å². The number of aliphatic hydroxyl groups is 1. The highest BCUT2D eigenvalue weighted by Crippen LogP contribution is 2.45. The molecule has 0 aromatic carbocycles. The van der Waals surface area contributed by atoms with Gasteiger partial charge in [0, 0.05) is 25.7 Å². The van der Waals surface area contributed by atoms with Crippen molar-refractivity contribution in [1.29, 1.82) is 0 Å². The average molecular weight is 1300 g/mol. The molecule has 3 N–H and O–H groups in total. The highest BCUT2D eigenvalue weighted by Gasteiger charge is 2.30. The number of carbonyl (C=O) groups is 4. The molecule has 0 spiro atoms. The van der Waals surface area contributed by atoms with Gasteiger partial charge in [-0.1, -0.05) is 304 Å². The lowest BCUT2D eigenvalue weighted by molar-refractivity contribution is -0.161. The van der Waals surface area contributed by atoms with E-state index in [9.17, 15) is 43.2 Å². The van der Waals surface area contributed by atoms with E-state index in [1.54, 1.807) is 0 Å². The number of aliphatic hydroxyl groups excluding tert-OH is 1. The number of hydrogen-bond donors (Lipinski definition) is 3. The molecule has 88 heavy (non-hydrogen) atoms. The molecular weight excluding hydrogens is 1160 g/mol. The predicted octanol–water partition coefficient (Wildman–Crippen LogP) is 19.7. The summed E-state index contributed by atoms with van der Waals surface area (Å²) in [5.74, 6) is -1.33. The van der Waals surface area contributed by atoms with Gasteiger partial charge in [-0.3, -0.25) is 37.3 Å². The SMILES string of the molecule is CCCCCCCCCCCCCCCCCCCCCCCC(=O)O[C@H](COC(=O)CCCCCCCCCCCCC(C)CC)COP(=O)(O)OC[C@@H](O)COP(=O)(O)OC[C@@H](COC(=O)CCCCCCC)OC(=O)CCCCCCCCCC. The predicted molar refractivity (Wildman–Crippen MR) is 354 cm³/mol. The summed E-state index contributed by atoms with van der Waals surface area (Å²) in [6, 6.07) is 0. The number of phosphoric ester groups is 2. The average Bonchev–Trinajstić information content (AvgIpc) is 3.56. The minimum Gasteiger partial charge on any atom is -0.462 e. The molecule has 0 bridgehead atoms. The van der Waals surface area contributed by atoms with Crippen molar-refractivity contribution in [2.75, 3.05) is 39.6 Å². The Labute approximate surface area is 537 Å². The van der Waals surface area contributed by atoms with Gasteiger partial charge < -0.3 is 33.8 Å². The van der Waals surface area contributed by atoms with E-state index in [0.717, 1.165) is 109 Å². The Bertz CT molecular complexity index is 1710. The van der Waals surface area contributed by atoms with E-state index in [2.05, 4.69) is 34.6 Å². The summed E-state index contributed by atoms with van der Waals surface area (Å²) in [5, 5.41) is 10.5. The van der Waals surface area contributed by atoms with E-state index in [1.807, 2.05) is 0 Å². The minimum absolute atomic E-state index is 0.104. The number of ether oxygens (including phenoxy) is 4. The summed E-state index contributed by atoms with van der Waals surface area (Å²) < 4.78 is 67.9. The first-order valence-electron chi connectivity index (χ1n) is 36.2. The molecule has 0 aromatic heterocycles. The first kappa shape index (κ1) is 86.1. The summed E-state index contributed by atoms with van der Waals surface area (Å²) in [5.41, 5.74) is 0. The van der Waals surface area contributed by atoms with Crippen molar-refractivity contribution in [2.24, 2.45) is 5.92 Å². The quantitative estimate of drug-likeness (QED) is 0.0222. The van der Waals surface area contributed by atoms with Crippen molar-refractivity contribution in [3.05, 3.63) is 0 Å². The summed E-state index contributed by atoms with van der Waals surface area (Å²) in [6.45, 7) is 7.14. The van der Waals surface area contributed by atoms with Crippen LogP contribution in [-0.4, -0.2) is 96.7 Å². The molecule has 0 saturated heterocycles. The molecule has 0 fully saturated rings. The van der Waals surface area contributed by atoms with Gasteiger partial charge in [-0.2, -0.15) is 0 Å². The van der Waals surface area contributed by atoms with Crippen molar-refractivity contribution < 1.29 is 80.2 Å². The first-order valence-corrected chi connectivity index (χ1v) is 39.2. The molecule has 17 nitrogen and oxygen atoms in total. The Balaban J connectivity index is 5.09. The van der Waals surface area contributed by atoms with E-state index < -0.39 is 97.5 Å². The second-order valence-electron chi connectivity index (χ2n) is 25.2. The Morgan fingerprint density at radius 3 is 0.807 bits per heavy atom. The van der Waals surface area contributed by atoms with Crippen LogP contribution in [0.25, 0.3) is 0 Å². The Morgan fingerprint density at radius 2 is 0.545 bits per heavy atom. The zero-order valence-corrected chi connectivity index (χ0v) is 58.6. The van der Waals surface area contributed by atoms with Crippen LogP contribution < -0.4 is 0 Å². The first-order chi connectivity index (χ1) is 42.6. The van der Waals surface area contributed by atoms with Gasteiger partial charge in [0.2, 0.25) is 0 Å². The van der Waals surface area contributed by atoms with Gasteiger partial charge in [0.05, 0.1) is 26.4 Å². The van der Waals surface area contributed by atoms with Gasteiger partial charge in [0.1, 0.15) is 19.3 Å². The van der Waals surface area contributed by atoms with E-state index >= 15 is 0 Å². The fraction of sp³-hybridized carbons (Fsp3) is 0.942. The van der Waals surface area contributed by atoms with Gasteiger partial charge in [0.25, 0.3) is 0 Å². The lowest BCUT2D eigenvalue weighted by atomic mass is 9.99. The lowest BCUT2D eigenvalue weighted by Crippen LogP contribution is -2.30. The third kappa shape index (κ3) is 61.6. The Morgan fingerprint density at radius 1 is 0.318 bits per heavy atom. The smallest absolute Gasteiger partial charge is 0.462 e. The van der Waals surface area contributed by atoms with Crippen LogP contribution in [0, 0.1) is 5.92 Å². The maximum atomic E-state index is 13.0. The van der Waals surface area contributed by atoms with Crippen LogP contribution in [0.5, 0.6) is 0 Å². The van der Waals surface area contributed by atoms with Crippen LogP contribution in [0.2, 0.25) is 0 Å². The lowest BCUT2D eigenvalue weighted by Gasteiger charge is -2.21. The summed E-state index contributed by atoms with van der Waals surface area (Å²) in [6.07, 6.45) is 49.2. The zero-order valence-electron chi connectivity index (χ0n) is 56.9. The number of unbranched alkanes of at least 4 members (excludes halogenated alkanes) is 40. The van der Waals surface area contributed by atoms with Crippen LogP contribution in [-0.2, 0) is 65.4 Å². The molecule has 0 aromatic rings. The molecule has 0 amide bonds. The molecule has 0 radical (unpaired) electrons. The molecule has 0 aliphatic heterocycles. The standard InChI is InChI=1S/C69H134O17P2/c1-6-10-13-16-18-20-21-22-23-24-25-26-27-28-29-30-31-36-40-45-50-55-69(74)86-65(59-80-67(72)53-48-43-39-35-33-32-34-37-42-46-51-62(5)9-4)61-84-88(77,78)82-57-63(70)56-81-87(75,76)83-60-64(58-79-66(71)52-47-41-15-12-8-3)85-68(73)54-49-44-38-19-17-14-11-7-2/h62-65,70H,6-61H2,1-5H3,(H,75,76)(H,77,78)/t62?,63-,64+,65+/m0/s1. The van der Waals surface area contributed by atoms with Crippen molar-refractivity contribution >= 4 is 39.5 Å². The van der Waals surface area contributed by atoms with Crippen molar-refractivity contribution in [3.8, 4) is 0 Å². The topological polar surface area (TPSA) is 237 Å². The monoisotopic (exact) mass is 1300 g/mol. The van der Waals surface area contributed by atoms with Crippen LogP contribution in [0.3, 0.4) is 0 Å². The van der Waals surface area contributed by atoms with Crippen LogP contribution >= 0.6 is 15.6 Å². The molecule has 0 rings (SSSR count). The fourth-order valence-corrected chi connectivity index (χ4v) is 12.0. The molecule has 0 aliphatic rings. The number of phosphoric acid groups is 2. The van der Waals surface area contributed by atoms with Crippen LogP contribution in [0.15, 0.2) is 0 Å². The van der Waals surface area contributed by atoms with Gasteiger partial charge in [-0.25, -0.2) is 9.13 Å². The molecule has 0 saturated carbocycles.